The Bertz CT molecular complexity index is 1420. The van der Waals surface area contributed by atoms with Crippen LogP contribution < -0.4 is 21.3 Å². The molecule has 298 valence electrons. The van der Waals surface area contributed by atoms with Gasteiger partial charge in [-0.05, 0) is 75.1 Å². The predicted octanol–water partition coefficient (Wildman–Crippen LogP) is 5.45. The summed E-state index contributed by atoms with van der Waals surface area (Å²) in [5, 5.41) is 10.9. The maximum atomic E-state index is 12.8. The number of fused-ring (bicyclic) bond motifs is 3. The number of benzene rings is 2. The highest BCUT2D eigenvalue weighted by atomic mass is 16.6. The lowest BCUT2D eigenvalue weighted by atomic mass is 9.98. The average Bonchev–Trinajstić information content (AvgIpc) is 3.46. The van der Waals surface area contributed by atoms with Crippen molar-refractivity contribution in [1.29, 1.82) is 0 Å². The van der Waals surface area contributed by atoms with E-state index in [1.54, 1.807) is 20.8 Å². The van der Waals surface area contributed by atoms with Crippen LogP contribution in [-0.4, -0.2) is 108 Å². The lowest BCUT2D eigenvalue weighted by Crippen LogP contribution is -2.47. The van der Waals surface area contributed by atoms with Crippen molar-refractivity contribution in [3.8, 4) is 11.1 Å². The van der Waals surface area contributed by atoms with Gasteiger partial charge in [0.1, 0.15) is 24.9 Å². The fourth-order valence-electron chi connectivity index (χ4n) is 5.63. The molecule has 0 aliphatic heterocycles. The quantitative estimate of drug-likeness (QED) is 0.0581. The molecule has 0 saturated heterocycles. The molecule has 14 nitrogen and oxygen atoms in total. The smallest absolute Gasteiger partial charge is 0.408 e. The summed E-state index contributed by atoms with van der Waals surface area (Å²) in [6, 6.07) is 15.7. The topological polar surface area (TPSA) is 172 Å². The van der Waals surface area contributed by atoms with Gasteiger partial charge in [-0.15, -0.1) is 0 Å². The molecule has 0 bridgehead atoms. The maximum Gasteiger partial charge on any atom is 0.408 e. The van der Waals surface area contributed by atoms with Crippen LogP contribution in [0.15, 0.2) is 61.2 Å². The van der Waals surface area contributed by atoms with Crippen LogP contribution in [0.2, 0.25) is 0 Å². The lowest BCUT2D eigenvalue weighted by Gasteiger charge is -2.20. The van der Waals surface area contributed by atoms with Gasteiger partial charge < -0.3 is 49.7 Å². The van der Waals surface area contributed by atoms with Crippen molar-refractivity contribution >= 4 is 24.2 Å². The molecule has 0 saturated carbocycles. The highest BCUT2D eigenvalue weighted by Gasteiger charge is 2.29. The monoisotopic (exact) mass is 754 g/mol. The number of rotatable bonds is 25. The normalized spacial score (nSPS) is 12.5. The van der Waals surface area contributed by atoms with Crippen molar-refractivity contribution in [2.75, 3.05) is 72.5 Å². The number of amides is 4. The number of unbranched alkanes of at least 4 members (excludes halogenated alkanes) is 1. The van der Waals surface area contributed by atoms with Gasteiger partial charge in [-0.3, -0.25) is 4.79 Å². The first kappa shape index (κ1) is 43.7. The molecule has 0 radical (unpaired) electrons. The third-order valence-corrected chi connectivity index (χ3v) is 8.12. The number of hydrogen-bond acceptors (Lipinski definition) is 10. The molecule has 14 heteroatoms. The SMILES string of the molecule is C=CCOC(=O)N[C@@H](CCCCNC(=O)OC(C)(C)C)C(=O)NCCCOCCOCCOCCCNC(=O)OCC1c2ccccc2-c2ccccc21. The van der Waals surface area contributed by atoms with Gasteiger partial charge in [-0.25, -0.2) is 14.4 Å². The van der Waals surface area contributed by atoms with E-state index in [4.69, 9.17) is 28.4 Å². The average molecular weight is 755 g/mol. The van der Waals surface area contributed by atoms with Gasteiger partial charge in [0.05, 0.1) is 26.4 Å². The van der Waals surface area contributed by atoms with Gasteiger partial charge in [-0.1, -0.05) is 61.2 Å². The minimum atomic E-state index is -0.794. The molecule has 2 aromatic carbocycles. The Balaban J connectivity index is 1.15. The summed E-state index contributed by atoms with van der Waals surface area (Å²) in [4.78, 5) is 49.0. The van der Waals surface area contributed by atoms with Crippen LogP contribution in [0.4, 0.5) is 14.4 Å². The first-order valence-electron chi connectivity index (χ1n) is 18.7. The maximum absolute atomic E-state index is 12.8. The molecule has 1 aliphatic rings. The second-order valence-electron chi connectivity index (χ2n) is 13.6. The number of carbonyl (C=O) groups excluding carboxylic acids is 4. The molecule has 1 atom stereocenters. The standard InChI is InChI=1S/C40H58N4O10/c1-5-22-52-39(48)44-35(18-10-11-19-43-38(47)54-40(2,3)4)36(45)41-20-12-23-49-25-27-51-28-26-50-24-13-21-42-37(46)53-29-34-32-16-8-6-14-30(32)31-15-7-9-17-33(31)34/h5-9,14-17,34-35H,1,10-13,18-29H2,2-4H3,(H,41,45)(H,42,46)(H,43,47)(H,44,48)/t35-/m0/s1. The zero-order valence-corrected chi connectivity index (χ0v) is 32.0. The first-order chi connectivity index (χ1) is 26.1. The van der Waals surface area contributed by atoms with Crippen LogP contribution in [0.1, 0.15) is 69.9 Å². The lowest BCUT2D eigenvalue weighted by molar-refractivity contribution is -0.123. The van der Waals surface area contributed by atoms with E-state index < -0.39 is 29.9 Å². The second kappa shape index (κ2) is 24.6. The number of alkyl carbamates (subject to hydrolysis) is 3. The van der Waals surface area contributed by atoms with Gasteiger partial charge in [0, 0.05) is 38.8 Å². The van der Waals surface area contributed by atoms with Crippen molar-refractivity contribution < 1.29 is 47.6 Å². The molecule has 0 unspecified atom stereocenters. The number of hydrogen-bond donors (Lipinski definition) is 4. The van der Waals surface area contributed by atoms with E-state index in [1.165, 1.54) is 28.3 Å². The van der Waals surface area contributed by atoms with Crippen LogP contribution in [0, 0.1) is 0 Å². The molecule has 2 aromatic rings. The van der Waals surface area contributed by atoms with E-state index in [1.807, 2.05) is 24.3 Å². The molecule has 0 fully saturated rings. The first-order valence-corrected chi connectivity index (χ1v) is 18.7. The Hall–Kier alpha value is -4.66. The van der Waals surface area contributed by atoms with Gasteiger partial charge in [0.15, 0.2) is 0 Å². The Labute approximate surface area is 319 Å². The van der Waals surface area contributed by atoms with E-state index in [2.05, 4.69) is 52.1 Å². The van der Waals surface area contributed by atoms with Crippen molar-refractivity contribution in [3.05, 3.63) is 72.3 Å². The molecule has 54 heavy (non-hydrogen) atoms. The molecular formula is C40H58N4O10. The summed E-state index contributed by atoms with van der Waals surface area (Å²) in [5.41, 5.74) is 4.15. The van der Waals surface area contributed by atoms with Crippen LogP contribution in [0.5, 0.6) is 0 Å². The van der Waals surface area contributed by atoms with Crippen LogP contribution in [0.25, 0.3) is 11.1 Å². The highest BCUT2D eigenvalue weighted by Crippen LogP contribution is 2.44. The van der Waals surface area contributed by atoms with E-state index in [-0.39, 0.29) is 25.0 Å². The predicted molar refractivity (Wildman–Crippen MR) is 204 cm³/mol. The van der Waals surface area contributed by atoms with Gasteiger partial charge in [-0.2, -0.15) is 0 Å². The summed E-state index contributed by atoms with van der Waals surface area (Å²) in [6.07, 6.45) is 2.54. The Morgan fingerprint density at radius 2 is 1.22 bits per heavy atom. The van der Waals surface area contributed by atoms with Crippen molar-refractivity contribution in [3.63, 3.8) is 0 Å². The number of ether oxygens (including phenoxy) is 6. The zero-order valence-electron chi connectivity index (χ0n) is 32.0. The Morgan fingerprint density at radius 1 is 0.685 bits per heavy atom. The minimum absolute atomic E-state index is 0.0266. The molecule has 4 N–H and O–H groups in total. The fraction of sp³-hybridized carbons (Fsp3) is 0.550. The van der Waals surface area contributed by atoms with Crippen LogP contribution in [0.3, 0.4) is 0 Å². The summed E-state index contributed by atoms with van der Waals surface area (Å²) >= 11 is 0. The van der Waals surface area contributed by atoms with Crippen LogP contribution >= 0.6 is 0 Å². The molecule has 0 spiro atoms. The molecule has 0 aromatic heterocycles. The van der Waals surface area contributed by atoms with E-state index in [0.717, 1.165) is 0 Å². The van der Waals surface area contributed by atoms with E-state index in [9.17, 15) is 19.2 Å². The van der Waals surface area contributed by atoms with Crippen molar-refractivity contribution in [1.82, 2.24) is 21.3 Å². The molecule has 3 rings (SSSR count). The molecule has 1 aliphatic carbocycles. The van der Waals surface area contributed by atoms with E-state index >= 15 is 0 Å². The number of nitrogens with one attached hydrogen (secondary N) is 4. The largest absolute Gasteiger partial charge is 0.449 e. The fourth-order valence-corrected chi connectivity index (χ4v) is 5.63. The molecule has 4 amide bonds. The van der Waals surface area contributed by atoms with E-state index in [0.29, 0.717) is 91.4 Å². The third-order valence-electron chi connectivity index (χ3n) is 8.12. The third kappa shape index (κ3) is 17.0. The summed E-state index contributed by atoms with van der Waals surface area (Å²) in [6.45, 7) is 12.9. The zero-order chi connectivity index (χ0) is 39.0. The van der Waals surface area contributed by atoms with Crippen molar-refractivity contribution in [2.45, 2.75) is 70.4 Å². The Morgan fingerprint density at radius 3 is 1.81 bits per heavy atom. The summed E-state index contributed by atoms with van der Waals surface area (Å²) in [5.74, 6) is -0.305. The van der Waals surface area contributed by atoms with Crippen LogP contribution in [-0.2, 0) is 33.2 Å². The minimum Gasteiger partial charge on any atom is -0.449 e. The molecule has 0 heterocycles. The van der Waals surface area contributed by atoms with Gasteiger partial charge in [0.2, 0.25) is 5.91 Å². The van der Waals surface area contributed by atoms with Gasteiger partial charge >= 0.3 is 18.3 Å². The summed E-state index contributed by atoms with van der Waals surface area (Å²) < 4.78 is 32.4. The Kier molecular flexibility index (Phi) is 19.9. The molecular weight excluding hydrogens is 696 g/mol. The second-order valence-corrected chi connectivity index (χ2v) is 13.6. The van der Waals surface area contributed by atoms with Gasteiger partial charge in [0.25, 0.3) is 0 Å². The number of carbonyl (C=O) groups is 4. The summed E-state index contributed by atoms with van der Waals surface area (Å²) in [7, 11) is 0. The highest BCUT2D eigenvalue weighted by molar-refractivity contribution is 5.85. The van der Waals surface area contributed by atoms with Crippen molar-refractivity contribution in [2.24, 2.45) is 0 Å².